The van der Waals surface area contributed by atoms with Crippen LogP contribution in [0.4, 0.5) is 0 Å². The predicted octanol–water partition coefficient (Wildman–Crippen LogP) is 0.501. The summed E-state index contributed by atoms with van der Waals surface area (Å²) in [5.41, 5.74) is 0.228. The van der Waals surface area contributed by atoms with E-state index in [2.05, 4.69) is 36.4 Å². The minimum Gasteiger partial charge on any atom is -0.296 e. The van der Waals surface area contributed by atoms with Gasteiger partial charge in [-0.3, -0.25) is 14.0 Å². The maximum absolute atomic E-state index is 12.1. The van der Waals surface area contributed by atoms with Gasteiger partial charge in [-0.1, -0.05) is 0 Å². The van der Waals surface area contributed by atoms with Crippen molar-refractivity contribution in [3.63, 3.8) is 0 Å². The highest BCUT2D eigenvalue weighted by Gasteiger charge is 2.35. The molecule has 2 fully saturated rings. The van der Waals surface area contributed by atoms with Gasteiger partial charge in [-0.25, -0.2) is 0 Å². The lowest BCUT2D eigenvalue weighted by atomic mass is 10.0. The molecule has 94 valence electrons. The number of hydrogen-bond acceptors (Lipinski definition) is 3. The third-order valence-corrected chi connectivity index (χ3v) is 5.72. The second-order valence-corrected chi connectivity index (χ2v) is 8.82. The maximum Gasteiger partial charge on any atom is 0.0333 e. The van der Waals surface area contributed by atoms with E-state index in [0.717, 1.165) is 37.7 Å². The number of fused-ring (bicyclic) bond motifs is 1. The van der Waals surface area contributed by atoms with Crippen molar-refractivity contribution in [1.82, 2.24) is 9.80 Å². The summed E-state index contributed by atoms with van der Waals surface area (Å²) in [7, 11) is -1.79. The summed E-state index contributed by atoms with van der Waals surface area (Å²) in [6, 6.07) is 0.465. The van der Waals surface area contributed by atoms with Crippen LogP contribution in [0.3, 0.4) is 0 Å². The van der Waals surface area contributed by atoms with E-state index in [1.165, 1.54) is 0 Å². The van der Waals surface area contributed by atoms with Gasteiger partial charge >= 0.3 is 0 Å². The first-order valence-corrected chi connectivity index (χ1v) is 8.16. The van der Waals surface area contributed by atoms with E-state index in [0.29, 0.717) is 6.04 Å². The van der Waals surface area contributed by atoms with Crippen molar-refractivity contribution in [3.05, 3.63) is 0 Å². The van der Waals surface area contributed by atoms with Gasteiger partial charge in [0.15, 0.2) is 0 Å². The number of rotatable bonds is 0. The van der Waals surface area contributed by atoms with Gasteiger partial charge < -0.3 is 0 Å². The molecule has 2 aliphatic heterocycles. The molecule has 0 aromatic rings. The molecule has 0 aliphatic carbocycles. The van der Waals surface area contributed by atoms with Crippen LogP contribution < -0.4 is 0 Å². The summed E-state index contributed by atoms with van der Waals surface area (Å²) in [5, 5.41) is 0. The summed E-state index contributed by atoms with van der Waals surface area (Å²) >= 11 is 0. The maximum atomic E-state index is 12.1. The average Bonchev–Trinajstić information content (AvgIpc) is 2.13. The fourth-order valence-corrected chi connectivity index (χ4v) is 4.42. The molecule has 2 unspecified atom stereocenters. The first-order chi connectivity index (χ1) is 7.28. The fraction of sp³-hybridized carbons (Fsp3) is 0.917. The molecule has 2 rings (SSSR count). The Morgan fingerprint density at radius 3 is 2.56 bits per heavy atom. The van der Waals surface area contributed by atoms with Gasteiger partial charge in [-0.15, -0.1) is 0 Å². The highest BCUT2D eigenvalue weighted by molar-refractivity contribution is 8.00. The van der Waals surface area contributed by atoms with Gasteiger partial charge in [0.1, 0.15) is 0 Å². The van der Waals surface area contributed by atoms with E-state index >= 15 is 0 Å². The monoisotopic (exact) mass is 244 g/mol. The van der Waals surface area contributed by atoms with Crippen molar-refractivity contribution < 1.29 is 4.21 Å². The van der Waals surface area contributed by atoms with Crippen LogP contribution in [0, 0.1) is 0 Å². The Kier molecular flexibility index (Phi) is 3.10. The Morgan fingerprint density at radius 2 is 1.94 bits per heavy atom. The molecular formula is C12H24N2OS. The van der Waals surface area contributed by atoms with Crippen LogP contribution in [0.15, 0.2) is 0 Å². The molecule has 0 amide bonds. The summed E-state index contributed by atoms with van der Waals surface area (Å²) in [4.78, 5) is 5.01. The number of hydrogen-bond donors (Lipinski definition) is 0. The number of nitrogens with zero attached hydrogens (tertiary/aromatic N) is 2. The van der Waals surface area contributed by atoms with E-state index in [-0.39, 0.29) is 5.54 Å². The van der Waals surface area contributed by atoms with Crippen molar-refractivity contribution >= 4 is 15.4 Å². The first kappa shape index (κ1) is 12.4. The van der Waals surface area contributed by atoms with Crippen molar-refractivity contribution in [1.29, 1.82) is 0 Å². The normalized spacial score (nSPS) is 38.3. The molecule has 2 aliphatic rings. The Hall–Kier alpha value is -0.0600. The molecule has 0 spiro atoms. The Labute approximate surface area is 99.8 Å². The van der Waals surface area contributed by atoms with Crippen molar-refractivity contribution in [2.24, 2.45) is 0 Å². The predicted molar refractivity (Wildman–Crippen MR) is 71.7 cm³/mol. The average molecular weight is 244 g/mol. The van der Waals surface area contributed by atoms with Crippen LogP contribution in [-0.2, 0) is 9.52 Å². The summed E-state index contributed by atoms with van der Waals surface area (Å²) in [6.07, 6.45) is 0. The molecule has 3 nitrogen and oxygen atoms in total. The zero-order chi connectivity index (χ0) is 12.0. The van der Waals surface area contributed by atoms with Crippen LogP contribution in [0.5, 0.6) is 0 Å². The molecule has 0 aromatic heterocycles. The lowest BCUT2D eigenvalue weighted by Gasteiger charge is -2.49. The van der Waals surface area contributed by atoms with E-state index in [1.54, 1.807) is 0 Å². The number of piperazine rings is 1. The molecule has 4 heteroatoms. The second kappa shape index (κ2) is 4.00. The molecule has 0 aromatic carbocycles. The van der Waals surface area contributed by atoms with Gasteiger partial charge in [0.05, 0.1) is 0 Å². The fourth-order valence-electron chi connectivity index (χ4n) is 2.67. The van der Waals surface area contributed by atoms with E-state index in [4.69, 9.17) is 0 Å². The topological polar surface area (TPSA) is 23.6 Å². The summed E-state index contributed by atoms with van der Waals surface area (Å²) in [5.74, 6) is 5.47. The van der Waals surface area contributed by atoms with Crippen molar-refractivity contribution in [3.8, 4) is 0 Å². The largest absolute Gasteiger partial charge is 0.296 e. The lowest BCUT2D eigenvalue weighted by Crippen LogP contribution is -2.62. The van der Waals surface area contributed by atoms with Crippen LogP contribution in [0.2, 0.25) is 0 Å². The smallest absolute Gasteiger partial charge is 0.0333 e. The summed E-state index contributed by atoms with van der Waals surface area (Å²) < 4.78 is 12.1. The third-order valence-electron chi connectivity index (χ3n) is 3.80. The highest BCUT2D eigenvalue weighted by Crippen LogP contribution is 2.22. The van der Waals surface area contributed by atoms with E-state index in [9.17, 15) is 4.21 Å². The molecule has 2 atom stereocenters. The van der Waals surface area contributed by atoms with Gasteiger partial charge in [-0.2, -0.15) is 0 Å². The van der Waals surface area contributed by atoms with Gasteiger partial charge in [0.2, 0.25) is 0 Å². The molecule has 0 saturated carbocycles. The second-order valence-electron chi connectivity index (χ2n) is 6.14. The quantitative estimate of drug-likeness (QED) is 0.580. The lowest BCUT2D eigenvalue weighted by molar-refractivity contribution is 0.0305. The van der Waals surface area contributed by atoms with Gasteiger partial charge in [0.25, 0.3) is 0 Å². The van der Waals surface area contributed by atoms with Crippen LogP contribution in [0.1, 0.15) is 20.8 Å². The molecule has 2 saturated heterocycles. The Balaban J connectivity index is 2.07. The molecule has 0 bridgehead atoms. The molecule has 0 radical (unpaired) electrons. The van der Waals surface area contributed by atoms with Gasteiger partial charge in [0, 0.05) is 49.3 Å². The Bertz CT molecular complexity index is 356. The Morgan fingerprint density at radius 1 is 1.25 bits per heavy atom. The highest BCUT2D eigenvalue weighted by atomic mass is 32.2. The molecule has 0 N–H and O–H groups in total. The standard InChI is InChI=1S/C12H24N2OS/c1-12(2,3)14-6-5-13-7-8-16(4,15)10-11(13)9-14/h11H,4-10H2,1-3H3. The third kappa shape index (κ3) is 2.60. The SMILES string of the molecule is C=S1(=O)CCN2CCN(C(C)(C)C)CC2C1. The molecule has 2 heterocycles. The van der Waals surface area contributed by atoms with E-state index < -0.39 is 9.52 Å². The van der Waals surface area contributed by atoms with Crippen molar-refractivity contribution in [2.75, 3.05) is 37.7 Å². The van der Waals surface area contributed by atoms with Crippen molar-refractivity contribution in [2.45, 2.75) is 32.4 Å². The van der Waals surface area contributed by atoms with Crippen LogP contribution in [0.25, 0.3) is 0 Å². The summed E-state index contributed by atoms with van der Waals surface area (Å²) in [6.45, 7) is 11.1. The minimum absolute atomic E-state index is 0.228. The van der Waals surface area contributed by atoms with E-state index in [1.807, 2.05) is 0 Å². The molecule has 16 heavy (non-hydrogen) atoms. The molecular weight excluding hydrogens is 220 g/mol. The zero-order valence-corrected chi connectivity index (χ0v) is 11.6. The zero-order valence-electron chi connectivity index (χ0n) is 10.7. The van der Waals surface area contributed by atoms with Crippen LogP contribution >= 0.6 is 0 Å². The van der Waals surface area contributed by atoms with Gasteiger partial charge in [-0.05, 0) is 36.2 Å². The van der Waals surface area contributed by atoms with Crippen LogP contribution in [-0.4, -0.2) is 69.1 Å². The minimum atomic E-state index is -1.79. The first-order valence-electron chi connectivity index (χ1n) is 6.10.